The summed E-state index contributed by atoms with van der Waals surface area (Å²) < 4.78 is 32.8. The molecule has 45 heavy (non-hydrogen) atoms. The van der Waals surface area contributed by atoms with Gasteiger partial charge in [-0.05, 0) is 51.2 Å². The number of carbonyl (C=O) groups is 2. The van der Waals surface area contributed by atoms with E-state index in [1.807, 2.05) is 40.8 Å². The first-order chi connectivity index (χ1) is 21.4. The zero-order chi connectivity index (χ0) is 31.7. The smallest absolute Gasteiger partial charge is 0.399 e. The molecular weight excluding hydrogens is 578 g/mol. The summed E-state index contributed by atoms with van der Waals surface area (Å²) in [5.41, 5.74) is 2.88. The van der Waals surface area contributed by atoms with Gasteiger partial charge in [-0.25, -0.2) is 4.39 Å². The first kappa shape index (κ1) is 29.4. The molecule has 14 heteroatoms. The molecule has 3 aromatic heterocycles. The largest absolute Gasteiger partial charge is 0.495 e. The summed E-state index contributed by atoms with van der Waals surface area (Å²) in [7, 11) is 1.07. The van der Waals surface area contributed by atoms with Crippen molar-refractivity contribution in [2.24, 2.45) is 7.05 Å². The highest BCUT2D eigenvalue weighted by Crippen LogP contribution is 2.38. The molecule has 234 valence electrons. The van der Waals surface area contributed by atoms with E-state index < -0.39 is 24.1 Å². The van der Waals surface area contributed by atoms with Crippen molar-refractivity contribution in [2.45, 2.75) is 71.4 Å². The maximum absolute atomic E-state index is 16.5. The SMILES string of the molecule is Cn1ncc2c1CN(C(=O)c1cc3c(B4OC(C)(C)C(C)(C)O4)cc(C4=CCCN(C(=O)CCn5ccnn5)C4)c(F)c3[nH]1)C2. The van der Waals surface area contributed by atoms with Gasteiger partial charge in [0, 0.05) is 55.8 Å². The second-order valence-electron chi connectivity index (χ2n) is 13.0. The quantitative estimate of drug-likeness (QED) is 0.332. The molecular formula is C31H36BFN8O4. The fourth-order valence-corrected chi connectivity index (χ4v) is 6.27. The Morgan fingerprint density at radius 1 is 1.09 bits per heavy atom. The van der Waals surface area contributed by atoms with Crippen LogP contribution in [-0.4, -0.2) is 82.8 Å². The van der Waals surface area contributed by atoms with Crippen LogP contribution in [0, 0.1) is 5.82 Å². The van der Waals surface area contributed by atoms with Crippen LogP contribution >= 0.6 is 0 Å². The molecule has 1 saturated heterocycles. The second-order valence-corrected chi connectivity index (χ2v) is 13.0. The van der Waals surface area contributed by atoms with Gasteiger partial charge < -0.3 is 24.1 Å². The van der Waals surface area contributed by atoms with Gasteiger partial charge in [-0.15, -0.1) is 5.10 Å². The normalized spacial score (nSPS) is 19.0. The lowest BCUT2D eigenvalue weighted by molar-refractivity contribution is -0.131. The molecule has 1 aromatic carbocycles. The van der Waals surface area contributed by atoms with Crippen LogP contribution in [0.5, 0.6) is 0 Å². The number of carbonyl (C=O) groups excluding carboxylic acids is 2. The summed E-state index contributed by atoms with van der Waals surface area (Å²) in [6.07, 6.45) is 7.89. The minimum Gasteiger partial charge on any atom is -0.399 e. The van der Waals surface area contributed by atoms with E-state index in [0.29, 0.717) is 54.6 Å². The summed E-state index contributed by atoms with van der Waals surface area (Å²) in [5, 5.41) is 12.5. The van der Waals surface area contributed by atoms with Crippen molar-refractivity contribution in [3.8, 4) is 0 Å². The fraction of sp³-hybridized carbons (Fsp3) is 0.452. The number of rotatable bonds is 6. The molecule has 0 atom stereocenters. The first-order valence-electron chi connectivity index (χ1n) is 15.2. The Morgan fingerprint density at radius 3 is 2.58 bits per heavy atom. The summed E-state index contributed by atoms with van der Waals surface area (Å²) in [5.74, 6) is -0.760. The number of aryl methyl sites for hydroxylation is 2. The molecule has 7 rings (SSSR count). The first-order valence-corrected chi connectivity index (χ1v) is 15.2. The van der Waals surface area contributed by atoms with Crippen LogP contribution in [0.4, 0.5) is 4.39 Å². The van der Waals surface area contributed by atoms with Crippen molar-refractivity contribution in [3.63, 3.8) is 0 Å². The van der Waals surface area contributed by atoms with E-state index in [2.05, 4.69) is 20.4 Å². The highest BCUT2D eigenvalue weighted by atomic mass is 19.1. The van der Waals surface area contributed by atoms with E-state index in [1.54, 1.807) is 49.9 Å². The van der Waals surface area contributed by atoms with E-state index in [0.717, 1.165) is 11.3 Å². The van der Waals surface area contributed by atoms with Crippen molar-refractivity contribution < 1.29 is 23.3 Å². The highest BCUT2D eigenvalue weighted by Gasteiger charge is 2.52. The number of amides is 2. The molecule has 0 unspecified atom stereocenters. The summed E-state index contributed by atoms with van der Waals surface area (Å²) in [4.78, 5) is 33.4. The van der Waals surface area contributed by atoms with Crippen LogP contribution in [0.1, 0.15) is 67.8 Å². The van der Waals surface area contributed by atoms with Gasteiger partial charge in [0.15, 0.2) is 5.82 Å². The summed E-state index contributed by atoms with van der Waals surface area (Å²) >= 11 is 0. The Labute approximate surface area is 260 Å². The van der Waals surface area contributed by atoms with Gasteiger partial charge in [0.25, 0.3) is 5.91 Å². The third kappa shape index (κ3) is 5.05. The van der Waals surface area contributed by atoms with Crippen molar-refractivity contribution in [2.75, 3.05) is 13.1 Å². The Balaban J connectivity index is 1.23. The van der Waals surface area contributed by atoms with Gasteiger partial charge in [0.1, 0.15) is 5.69 Å². The predicted molar refractivity (Wildman–Crippen MR) is 165 cm³/mol. The number of H-pyrrole nitrogens is 1. The van der Waals surface area contributed by atoms with Gasteiger partial charge in [-0.2, -0.15) is 5.10 Å². The Morgan fingerprint density at radius 2 is 1.87 bits per heavy atom. The van der Waals surface area contributed by atoms with Gasteiger partial charge in [0.2, 0.25) is 5.91 Å². The standard InChI is InChI=1S/C31H36BFN8O4/c1-30(2)31(3,4)45-32(44-30)23-13-21(19-7-6-10-39(16-19)26(42)8-11-41-12-9-34-37-41)27(33)28-22(23)14-24(36-28)29(43)40-17-20-15-35-38(5)25(20)18-40/h7,9,12-15,36H,6,8,10-11,16-18H2,1-5H3. The molecule has 1 N–H and O–H groups in total. The number of nitrogens with one attached hydrogen (secondary N) is 1. The van der Waals surface area contributed by atoms with Gasteiger partial charge in [0.05, 0.1) is 47.9 Å². The van der Waals surface area contributed by atoms with Crippen LogP contribution in [0.2, 0.25) is 0 Å². The number of fused-ring (bicyclic) bond motifs is 2. The minimum absolute atomic E-state index is 0.0432. The lowest BCUT2D eigenvalue weighted by Gasteiger charge is -2.32. The lowest BCUT2D eigenvalue weighted by Crippen LogP contribution is -2.41. The molecule has 6 heterocycles. The van der Waals surface area contributed by atoms with E-state index in [-0.39, 0.29) is 36.0 Å². The Kier molecular flexibility index (Phi) is 6.97. The minimum atomic E-state index is -0.790. The van der Waals surface area contributed by atoms with E-state index in [4.69, 9.17) is 9.31 Å². The topological polar surface area (TPSA) is 123 Å². The van der Waals surface area contributed by atoms with Gasteiger partial charge in [-0.1, -0.05) is 17.4 Å². The monoisotopic (exact) mass is 614 g/mol. The second kappa shape index (κ2) is 10.7. The number of aromatic nitrogens is 6. The van der Waals surface area contributed by atoms with Crippen LogP contribution in [0.25, 0.3) is 16.5 Å². The number of benzene rings is 1. The number of hydrogen-bond donors (Lipinski definition) is 1. The summed E-state index contributed by atoms with van der Waals surface area (Å²) in [6.45, 7) is 9.93. The predicted octanol–water partition coefficient (Wildman–Crippen LogP) is 2.79. The maximum atomic E-state index is 16.5. The van der Waals surface area contributed by atoms with Crippen molar-refractivity contribution in [1.82, 2.24) is 39.6 Å². The Hall–Kier alpha value is -4.30. The van der Waals surface area contributed by atoms with Crippen molar-refractivity contribution in [1.29, 1.82) is 0 Å². The molecule has 0 bridgehead atoms. The Bertz CT molecular complexity index is 1830. The maximum Gasteiger partial charge on any atom is 0.495 e. The average molecular weight is 614 g/mol. The average Bonchev–Trinajstić information content (AvgIpc) is 3.83. The molecule has 1 fully saturated rings. The van der Waals surface area contributed by atoms with E-state index in [1.165, 1.54) is 0 Å². The number of halogens is 1. The van der Waals surface area contributed by atoms with Gasteiger partial charge in [-0.3, -0.25) is 19.0 Å². The number of nitrogens with zero attached hydrogens (tertiary/aromatic N) is 7. The molecule has 12 nitrogen and oxygen atoms in total. The molecule has 3 aliphatic heterocycles. The molecule has 0 saturated carbocycles. The molecule has 3 aliphatic rings. The summed E-state index contributed by atoms with van der Waals surface area (Å²) in [6, 6.07) is 3.45. The van der Waals surface area contributed by atoms with E-state index >= 15 is 4.39 Å². The van der Waals surface area contributed by atoms with Crippen LogP contribution < -0.4 is 5.46 Å². The van der Waals surface area contributed by atoms with E-state index in [9.17, 15) is 9.59 Å². The lowest BCUT2D eigenvalue weighted by atomic mass is 9.75. The highest BCUT2D eigenvalue weighted by molar-refractivity contribution is 6.65. The zero-order valence-electron chi connectivity index (χ0n) is 26.1. The van der Waals surface area contributed by atoms with Crippen LogP contribution in [0.15, 0.2) is 36.8 Å². The number of hydrogen-bond acceptors (Lipinski definition) is 7. The third-order valence-electron chi connectivity index (χ3n) is 9.64. The molecule has 2 amide bonds. The van der Waals surface area contributed by atoms with Crippen molar-refractivity contribution in [3.05, 3.63) is 65.1 Å². The van der Waals surface area contributed by atoms with Gasteiger partial charge >= 0.3 is 7.12 Å². The van der Waals surface area contributed by atoms with Crippen LogP contribution in [0.3, 0.4) is 0 Å². The fourth-order valence-electron chi connectivity index (χ4n) is 6.27. The number of aromatic amines is 1. The molecule has 0 radical (unpaired) electrons. The third-order valence-corrected chi connectivity index (χ3v) is 9.64. The van der Waals surface area contributed by atoms with Crippen LogP contribution in [-0.2, 0) is 40.8 Å². The molecule has 0 spiro atoms. The molecule has 4 aromatic rings. The van der Waals surface area contributed by atoms with Crippen molar-refractivity contribution >= 4 is 40.9 Å². The molecule has 0 aliphatic carbocycles. The zero-order valence-corrected chi connectivity index (χ0v) is 26.1.